The quantitative estimate of drug-likeness (QED) is 0.173. The Balaban J connectivity index is 1.08. The lowest BCUT2D eigenvalue weighted by atomic mass is 9.70. The van der Waals surface area contributed by atoms with E-state index in [1.807, 2.05) is 6.07 Å². The minimum atomic E-state index is -0.545. The summed E-state index contributed by atoms with van der Waals surface area (Å²) >= 11 is 0. The Morgan fingerprint density at radius 3 is 1.66 bits per heavy atom. The third kappa shape index (κ3) is 4.65. The Kier molecular flexibility index (Phi) is 7.32. The van der Waals surface area contributed by atoms with E-state index >= 15 is 0 Å². The second-order valence-corrected chi connectivity index (χ2v) is 17.1. The first-order valence-corrected chi connectivity index (χ1v) is 22.1. The highest BCUT2D eigenvalue weighted by Gasteiger charge is 2.53. The second-order valence-electron chi connectivity index (χ2n) is 17.1. The Labute approximate surface area is 370 Å². The Bertz CT molecular complexity index is 3790. The number of hydrogen-bond donors (Lipinski definition) is 0. The van der Waals surface area contributed by atoms with Gasteiger partial charge in [0.2, 0.25) is 0 Å². The van der Waals surface area contributed by atoms with E-state index in [1.54, 1.807) is 0 Å². The molecule has 0 aliphatic heterocycles. The summed E-state index contributed by atoms with van der Waals surface area (Å²) in [6.45, 7) is 0. The van der Waals surface area contributed by atoms with E-state index in [0.717, 1.165) is 61.3 Å². The number of anilines is 3. The summed E-state index contributed by atoms with van der Waals surface area (Å²) in [4.78, 5) is 2.55. The molecule has 64 heavy (non-hydrogen) atoms. The van der Waals surface area contributed by atoms with Crippen molar-refractivity contribution in [1.29, 1.82) is 0 Å². The van der Waals surface area contributed by atoms with Crippen LogP contribution in [0.25, 0.3) is 82.8 Å². The van der Waals surface area contributed by atoms with Crippen LogP contribution in [0, 0.1) is 0 Å². The fourth-order valence-corrected chi connectivity index (χ4v) is 11.5. The molecule has 0 bridgehead atoms. The van der Waals surface area contributed by atoms with Crippen LogP contribution >= 0.6 is 0 Å². The third-order valence-electron chi connectivity index (χ3n) is 14.0. The van der Waals surface area contributed by atoms with Crippen molar-refractivity contribution in [2.24, 2.45) is 0 Å². The first-order chi connectivity index (χ1) is 31.8. The van der Waals surface area contributed by atoms with Gasteiger partial charge in [0.1, 0.15) is 11.2 Å². The molecule has 2 aromatic heterocycles. The fourth-order valence-electron chi connectivity index (χ4n) is 11.5. The molecule has 0 saturated carbocycles. The lowest BCUT2D eigenvalue weighted by Crippen LogP contribution is -2.28. The summed E-state index contributed by atoms with van der Waals surface area (Å²) in [5, 5.41) is 4.67. The molecule has 0 radical (unpaired) electrons. The Hall–Kier alpha value is -8.40. The summed E-state index contributed by atoms with van der Waals surface area (Å²) in [7, 11) is 0. The van der Waals surface area contributed by atoms with Crippen LogP contribution in [-0.2, 0) is 5.41 Å². The first-order valence-electron chi connectivity index (χ1n) is 22.1. The molecule has 2 heterocycles. The SMILES string of the molecule is c1ccc(-n2c3ccccc3c3c(N(c4ccc(-c5cccc6c5oc5ccccc56)cc4)c4cccc5c4C4(c6ccccc6-c6ccccc64)c4ccccc4-5)cccc32)cc1. The van der Waals surface area contributed by atoms with Crippen LogP contribution in [0.3, 0.4) is 0 Å². The first kappa shape index (κ1) is 35.2. The summed E-state index contributed by atoms with van der Waals surface area (Å²) in [6.07, 6.45) is 0. The standard InChI is InChI=1S/C61H38N2O/c1-2-17-40(18-3-1)62-53-30-12-7-23-49(53)58-54(62)31-16-32-55(58)63(41-37-35-39(36-38-41)42-24-14-26-48-46-22-8-13-34-57(46)64-60(42)48)56-33-15-25-47-45-21-6-11-29-52(45)61(59(47)56)50-27-9-4-19-43(50)44-20-5-10-28-51(44)61/h1-38H. The van der Waals surface area contributed by atoms with E-state index in [2.05, 4.69) is 234 Å². The van der Waals surface area contributed by atoms with Crippen LogP contribution in [0.15, 0.2) is 235 Å². The lowest BCUT2D eigenvalue weighted by molar-refractivity contribution is 0.670. The van der Waals surface area contributed by atoms with Gasteiger partial charge < -0.3 is 13.9 Å². The van der Waals surface area contributed by atoms with Crippen LogP contribution < -0.4 is 4.90 Å². The van der Waals surface area contributed by atoms with Crippen LogP contribution in [-0.4, -0.2) is 4.57 Å². The van der Waals surface area contributed by atoms with Gasteiger partial charge >= 0.3 is 0 Å². The summed E-state index contributed by atoms with van der Waals surface area (Å²) in [5.74, 6) is 0. The van der Waals surface area contributed by atoms with Crippen LogP contribution in [0.1, 0.15) is 22.3 Å². The zero-order valence-electron chi connectivity index (χ0n) is 34.7. The second kappa shape index (κ2) is 13.3. The number of rotatable bonds is 5. The van der Waals surface area contributed by atoms with Crippen LogP contribution in [0.5, 0.6) is 0 Å². The number of benzene rings is 10. The largest absolute Gasteiger partial charge is 0.455 e. The predicted octanol–water partition coefficient (Wildman–Crippen LogP) is 16.2. The van der Waals surface area contributed by atoms with E-state index in [4.69, 9.17) is 4.42 Å². The molecule has 0 saturated heterocycles. The number of furan rings is 1. The van der Waals surface area contributed by atoms with Gasteiger partial charge in [-0.2, -0.15) is 0 Å². The molecule has 0 N–H and O–H groups in total. The smallest absolute Gasteiger partial charge is 0.143 e. The Morgan fingerprint density at radius 1 is 0.375 bits per heavy atom. The molecular formula is C61H38N2O. The number of fused-ring (bicyclic) bond motifs is 16. The molecule has 14 rings (SSSR count). The van der Waals surface area contributed by atoms with Gasteiger partial charge in [0, 0.05) is 44.0 Å². The average Bonchev–Trinajstić information content (AvgIpc) is 4.09. The molecule has 0 fully saturated rings. The van der Waals surface area contributed by atoms with Gasteiger partial charge in [0.25, 0.3) is 0 Å². The van der Waals surface area contributed by atoms with Gasteiger partial charge in [-0.3, -0.25) is 0 Å². The normalized spacial score (nSPS) is 13.1. The van der Waals surface area contributed by atoms with Crippen LogP contribution in [0.2, 0.25) is 0 Å². The molecule has 0 unspecified atom stereocenters. The van der Waals surface area contributed by atoms with Crippen molar-refractivity contribution in [3.63, 3.8) is 0 Å². The highest BCUT2D eigenvalue weighted by atomic mass is 16.3. The van der Waals surface area contributed by atoms with Crippen molar-refractivity contribution in [3.8, 4) is 39.1 Å². The summed E-state index contributed by atoms with van der Waals surface area (Å²) in [6, 6.07) is 84.6. The topological polar surface area (TPSA) is 21.3 Å². The van der Waals surface area contributed by atoms with Crippen molar-refractivity contribution in [1.82, 2.24) is 4.57 Å². The third-order valence-corrected chi connectivity index (χ3v) is 14.0. The van der Waals surface area contributed by atoms with Gasteiger partial charge in [-0.15, -0.1) is 0 Å². The molecule has 1 spiro atoms. The molecule has 3 heteroatoms. The van der Waals surface area contributed by atoms with Crippen molar-refractivity contribution >= 4 is 60.8 Å². The van der Waals surface area contributed by atoms with Gasteiger partial charge in [-0.25, -0.2) is 0 Å². The summed E-state index contributed by atoms with van der Waals surface area (Å²) < 4.78 is 8.98. The van der Waals surface area contributed by atoms with Gasteiger partial charge in [-0.05, 0) is 99.1 Å². The van der Waals surface area contributed by atoms with Crippen LogP contribution in [0.4, 0.5) is 17.1 Å². The number of nitrogens with zero attached hydrogens (tertiary/aromatic N) is 2. The summed E-state index contributed by atoms with van der Waals surface area (Å²) in [5.41, 5.74) is 20.6. The van der Waals surface area contributed by atoms with E-state index in [1.165, 1.54) is 60.8 Å². The number of aromatic nitrogens is 1. The molecule has 0 atom stereocenters. The molecule has 3 nitrogen and oxygen atoms in total. The van der Waals surface area contributed by atoms with E-state index in [-0.39, 0.29) is 0 Å². The highest BCUT2D eigenvalue weighted by Crippen LogP contribution is 2.65. The fraction of sp³-hybridized carbons (Fsp3) is 0.0164. The van der Waals surface area contributed by atoms with E-state index in [9.17, 15) is 0 Å². The van der Waals surface area contributed by atoms with Gasteiger partial charge in [-0.1, -0.05) is 176 Å². The maximum atomic E-state index is 6.56. The highest BCUT2D eigenvalue weighted by molar-refractivity contribution is 6.17. The molecule has 12 aromatic rings. The minimum Gasteiger partial charge on any atom is -0.455 e. The maximum Gasteiger partial charge on any atom is 0.143 e. The van der Waals surface area contributed by atoms with Crippen molar-refractivity contribution in [2.75, 3.05) is 4.90 Å². The van der Waals surface area contributed by atoms with Crippen molar-refractivity contribution in [3.05, 3.63) is 253 Å². The molecule has 2 aliphatic rings. The van der Waals surface area contributed by atoms with E-state index in [0.29, 0.717) is 0 Å². The van der Waals surface area contributed by atoms with Gasteiger partial charge in [0.05, 0.1) is 27.8 Å². The monoisotopic (exact) mass is 814 g/mol. The molecule has 0 amide bonds. The zero-order chi connectivity index (χ0) is 41.9. The molecule has 2 aliphatic carbocycles. The molecule has 298 valence electrons. The van der Waals surface area contributed by atoms with Crippen molar-refractivity contribution < 1.29 is 4.42 Å². The number of hydrogen-bond acceptors (Lipinski definition) is 2. The zero-order valence-corrected chi connectivity index (χ0v) is 34.7. The molecular weight excluding hydrogens is 777 g/mol. The minimum absolute atomic E-state index is 0.545. The average molecular weight is 815 g/mol. The van der Waals surface area contributed by atoms with Gasteiger partial charge in [0.15, 0.2) is 0 Å². The maximum absolute atomic E-state index is 6.56. The molecule has 10 aromatic carbocycles. The Morgan fingerprint density at radius 2 is 0.906 bits per heavy atom. The lowest BCUT2D eigenvalue weighted by Gasteiger charge is -2.36. The van der Waals surface area contributed by atoms with E-state index < -0.39 is 5.41 Å². The number of para-hydroxylation sites is 4. The predicted molar refractivity (Wildman–Crippen MR) is 264 cm³/mol. The van der Waals surface area contributed by atoms with Crippen molar-refractivity contribution in [2.45, 2.75) is 5.41 Å².